The number of alkyl halides is 16. The van der Waals surface area contributed by atoms with Crippen molar-refractivity contribution in [1.29, 1.82) is 0 Å². The van der Waals surface area contributed by atoms with Gasteiger partial charge in [0.25, 0.3) is 23.7 Å². The molecule has 0 aliphatic carbocycles. The largest absolute Gasteiger partial charge is 0.466 e. The van der Waals surface area contributed by atoms with Crippen LogP contribution in [0.15, 0.2) is 25.3 Å². The molecule has 0 radical (unpaired) electrons. The van der Waals surface area contributed by atoms with Gasteiger partial charge in [0.05, 0.1) is 45.3 Å². The van der Waals surface area contributed by atoms with Gasteiger partial charge in [0.1, 0.15) is 18.6 Å². The topological polar surface area (TPSA) is 105 Å². The number of ether oxygens (including phenoxy) is 4. The van der Waals surface area contributed by atoms with Crippen molar-refractivity contribution >= 4 is 47.4 Å². The monoisotopic (exact) mass is 918 g/mol. The van der Waals surface area contributed by atoms with Crippen molar-refractivity contribution in [2.45, 2.75) is 112 Å². The maximum Gasteiger partial charge on any atom is 0.453 e. The van der Waals surface area contributed by atoms with Crippen LogP contribution in [-0.2, 0) is 38.1 Å². The van der Waals surface area contributed by atoms with E-state index in [4.69, 9.17) is 14.2 Å². The number of carbonyl (C=O) groups is 4. The van der Waals surface area contributed by atoms with Crippen LogP contribution in [0.5, 0.6) is 0 Å². The van der Waals surface area contributed by atoms with Crippen LogP contribution in [0.25, 0.3) is 0 Å². The van der Waals surface area contributed by atoms with E-state index in [-0.39, 0.29) is 29.4 Å². The minimum absolute atomic E-state index is 0.0847. The second-order valence-electron chi connectivity index (χ2n) is 12.3. The van der Waals surface area contributed by atoms with Gasteiger partial charge in [-0.15, -0.1) is 0 Å². The van der Waals surface area contributed by atoms with Crippen molar-refractivity contribution in [1.82, 2.24) is 0 Å². The SMILES string of the molecule is C=CC(=O)OC(CSCCC(=O)OCCCC(F)(F)CC(F)(F)CC(F)(F)F)C(CSCCC(=O)OCCC(F)(F)CC(F)(F)CC(F)(F)C(F)(F)F)OC(=O)C=C. The summed E-state index contributed by atoms with van der Waals surface area (Å²) in [6, 6.07) is 0. The normalized spacial score (nSPS) is 14.3. The van der Waals surface area contributed by atoms with Gasteiger partial charge in [-0.3, -0.25) is 9.59 Å². The van der Waals surface area contributed by atoms with Gasteiger partial charge in [-0.2, -0.15) is 58.6 Å². The second kappa shape index (κ2) is 23.7. The average molecular weight is 919 g/mol. The van der Waals surface area contributed by atoms with Crippen LogP contribution in [0.4, 0.5) is 70.2 Å². The van der Waals surface area contributed by atoms with Gasteiger partial charge < -0.3 is 18.9 Å². The molecule has 0 fully saturated rings. The lowest BCUT2D eigenvalue weighted by Gasteiger charge is -2.27. The van der Waals surface area contributed by atoms with Crippen molar-refractivity contribution in [2.24, 2.45) is 0 Å². The zero-order valence-electron chi connectivity index (χ0n) is 30.0. The van der Waals surface area contributed by atoms with E-state index in [0.717, 1.165) is 35.7 Å². The van der Waals surface area contributed by atoms with Gasteiger partial charge >= 0.3 is 42.2 Å². The van der Waals surface area contributed by atoms with E-state index in [2.05, 4.69) is 17.9 Å². The van der Waals surface area contributed by atoms with E-state index < -0.39 is 143 Å². The van der Waals surface area contributed by atoms with Crippen LogP contribution in [0.2, 0.25) is 0 Å². The van der Waals surface area contributed by atoms with Crippen LogP contribution in [-0.4, -0.2) is 114 Å². The Bertz CT molecular complexity index is 1340. The number of halogens is 16. The van der Waals surface area contributed by atoms with Crippen molar-refractivity contribution < 1.29 is 108 Å². The Morgan fingerprint density at radius 2 is 0.931 bits per heavy atom. The third kappa shape index (κ3) is 25.4. The zero-order valence-corrected chi connectivity index (χ0v) is 31.6. The first-order valence-electron chi connectivity index (χ1n) is 16.4. The van der Waals surface area contributed by atoms with E-state index in [1.807, 2.05) is 0 Å². The predicted molar refractivity (Wildman–Crippen MR) is 175 cm³/mol. The van der Waals surface area contributed by atoms with Crippen LogP contribution in [0.1, 0.15) is 57.8 Å². The highest BCUT2D eigenvalue weighted by molar-refractivity contribution is 7.99. The molecule has 0 aromatic rings. The second-order valence-corrected chi connectivity index (χ2v) is 14.6. The molecular weight excluding hydrogens is 880 g/mol. The number of esters is 4. The first kappa shape index (κ1) is 54.9. The summed E-state index contributed by atoms with van der Waals surface area (Å²) < 4.78 is 228. The Labute approximate surface area is 329 Å². The zero-order chi connectivity index (χ0) is 45.2. The van der Waals surface area contributed by atoms with E-state index >= 15 is 0 Å². The molecule has 0 rings (SSSR count). The maximum absolute atomic E-state index is 13.9. The summed E-state index contributed by atoms with van der Waals surface area (Å²) in [6.07, 6.45) is -28.4. The molecule has 0 aliphatic rings. The Kier molecular flexibility index (Phi) is 22.4. The van der Waals surface area contributed by atoms with Crippen LogP contribution in [0, 0.1) is 0 Å². The summed E-state index contributed by atoms with van der Waals surface area (Å²) in [5.41, 5.74) is 0. The Morgan fingerprint density at radius 3 is 1.33 bits per heavy atom. The maximum atomic E-state index is 13.9. The van der Waals surface area contributed by atoms with E-state index in [1.54, 1.807) is 0 Å². The molecule has 0 aromatic carbocycles. The lowest BCUT2D eigenvalue weighted by atomic mass is 10.0. The van der Waals surface area contributed by atoms with E-state index in [1.165, 1.54) is 0 Å². The highest BCUT2D eigenvalue weighted by Crippen LogP contribution is 2.46. The number of carbonyl (C=O) groups excluding carboxylic acids is 4. The molecule has 0 amide bonds. The molecule has 26 heteroatoms. The highest BCUT2D eigenvalue weighted by Gasteiger charge is 2.63. The third-order valence-corrected chi connectivity index (χ3v) is 8.93. The molecule has 0 saturated carbocycles. The molecule has 0 heterocycles. The van der Waals surface area contributed by atoms with E-state index in [0.29, 0.717) is 0 Å². The van der Waals surface area contributed by atoms with Gasteiger partial charge in [0.2, 0.25) is 0 Å². The Balaban J connectivity index is 5.01. The van der Waals surface area contributed by atoms with Crippen LogP contribution in [0.3, 0.4) is 0 Å². The predicted octanol–water partition coefficient (Wildman–Crippen LogP) is 9.55. The minimum atomic E-state index is -6.41. The number of hydrogen-bond acceptors (Lipinski definition) is 10. The first-order chi connectivity index (χ1) is 26.2. The van der Waals surface area contributed by atoms with Gasteiger partial charge in [-0.1, -0.05) is 13.2 Å². The van der Waals surface area contributed by atoms with E-state index in [9.17, 15) is 89.4 Å². The average Bonchev–Trinajstić information content (AvgIpc) is 3.02. The van der Waals surface area contributed by atoms with Crippen molar-refractivity contribution in [3.8, 4) is 0 Å². The summed E-state index contributed by atoms with van der Waals surface area (Å²) in [7, 11) is 0. The fourth-order valence-electron chi connectivity index (χ4n) is 4.29. The molecule has 0 aliphatic heterocycles. The molecule has 0 N–H and O–H groups in total. The number of rotatable bonds is 29. The molecule has 0 spiro atoms. The summed E-state index contributed by atoms with van der Waals surface area (Å²) in [5, 5.41) is 0. The van der Waals surface area contributed by atoms with Crippen molar-refractivity contribution in [2.75, 3.05) is 36.2 Å². The molecule has 2 atom stereocenters. The number of hydrogen-bond donors (Lipinski definition) is 0. The summed E-state index contributed by atoms with van der Waals surface area (Å²) in [5.74, 6) is -29.4. The molecule has 8 nitrogen and oxygen atoms in total. The minimum Gasteiger partial charge on any atom is -0.466 e. The fourth-order valence-corrected chi connectivity index (χ4v) is 6.28. The van der Waals surface area contributed by atoms with Gasteiger partial charge in [0.15, 0.2) is 0 Å². The Morgan fingerprint density at radius 1 is 0.534 bits per heavy atom. The number of thioether (sulfide) groups is 2. The smallest absolute Gasteiger partial charge is 0.453 e. The van der Waals surface area contributed by atoms with Crippen LogP contribution >= 0.6 is 23.5 Å². The highest BCUT2D eigenvalue weighted by atomic mass is 32.2. The summed E-state index contributed by atoms with van der Waals surface area (Å²) in [4.78, 5) is 47.9. The van der Waals surface area contributed by atoms with Crippen molar-refractivity contribution in [3.63, 3.8) is 0 Å². The van der Waals surface area contributed by atoms with Crippen molar-refractivity contribution in [3.05, 3.63) is 25.3 Å². The summed E-state index contributed by atoms with van der Waals surface area (Å²) in [6.45, 7) is 4.53. The third-order valence-electron chi connectivity index (χ3n) is 6.82. The van der Waals surface area contributed by atoms with Gasteiger partial charge in [-0.25, -0.2) is 44.7 Å². The fraction of sp³-hybridized carbons (Fsp3) is 0.750. The van der Waals surface area contributed by atoms with Gasteiger partial charge in [0, 0.05) is 48.0 Å². The first-order valence-corrected chi connectivity index (χ1v) is 18.7. The molecule has 338 valence electrons. The molecule has 0 saturated heterocycles. The Hall–Kier alpha value is -3.06. The standard InChI is InChI=1S/C32H38F16O8S2/c1-3-22(49)55-20(14-57-12-6-24(51)53-10-5-8-26(33,34)16-29(39,40)19-31(43,44)45)21(56-23(50)4-2)15-58-13-7-25(52)54-11-9-27(35,36)17-28(37,38)18-30(41,42)32(46,47)48/h3-4,20-21H,1-2,5-19H2. The molecule has 0 bridgehead atoms. The quantitative estimate of drug-likeness (QED) is 0.0237. The lowest BCUT2D eigenvalue weighted by molar-refractivity contribution is -0.304. The molecule has 58 heavy (non-hydrogen) atoms. The molecule has 0 aromatic heterocycles. The lowest BCUT2D eigenvalue weighted by Crippen LogP contribution is -2.43. The molecule has 2 unspecified atom stereocenters. The van der Waals surface area contributed by atoms with Crippen LogP contribution < -0.4 is 0 Å². The molecular formula is C32H38F16O8S2. The van der Waals surface area contributed by atoms with Gasteiger partial charge in [-0.05, 0) is 6.42 Å². The summed E-state index contributed by atoms with van der Waals surface area (Å²) >= 11 is 1.77.